The number of phenols is 1. The summed E-state index contributed by atoms with van der Waals surface area (Å²) in [5.74, 6) is -0.0342. The number of esters is 1. The van der Waals surface area contributed by atoms with Crippen LogP contribution in [0.4, 0.5) is 0 Å². The molecule has 2 aromatic rings. The number of ether oxygens (including phenoxy) is 1. The van der Waals surface area contributed by atoms with Gasteiger partial charge in [-0.05, 0) is 64.5 Å². The highest BCUT2D eigenvalue weighted by atomic mass is 16.5. The molecular weight excluding hydrogens is 492 g/mol. The SMILES string of the molecule is C=C(C(=O)Oc1ccc(C(C)(C)CC)cc1C(C)(C)CC)C(C)c1cc(C(C)(C)CC)cc(C(C)(C)CC)c1O. The fraction of sp³-hybridized carbons (Fsp3) is 0.595. The summed E-state index contributed by atoms with van der Waals surface area (Å²) < 4.78 is 6.10. The zero-order chi connectivity index (χ0) is 30.8. The van der Waals surface area contributed by atoms with Crippen molar-refractivity contribution in [2.24, 2.45) is 0 Å². The Bertz CT molecular complexity index is 1230. The Morgan fingerprint density at radius 2 is 1.20 bits per heavy atom. The zero-order valence-corrected chi connectivity index (χ0v) is 27.8. The summed E-state index contributed by atoms with van der Waals surface area (Å²) in [5, 5.41) is 11.5. The van der Waals surface area contributed by atoms with Gasteiger partial charge in [0.25, 0.3) is 0 Å². The van der Waals surface area contributed by atoms with Crippen molar-refractivity contribution in [3.8, 4) is 11.5 Å². The van der Waals surface area contributed by atoms with Crippen LogP contribution in [0.2, 0.25) is 0 Å². The van der Waals surface area contributed by atoms with E-state index in [1.54, 1.807) is 0 Å². The lowest BCUT2D eigenvalue weighted by molar-refractivity contribution is -0.130. The van der Waals surface area contributed by atoms with Gasteiger partial charge in [0.1, 0.15) is 11.5 Å². The van der Waals surface area contributed by atoms with Crippen LogP contribution in [0.25, 0.3) is 0 Å². The standard InChI is InChI=1S/C37H56O3/c1-15-34(7,8)26-19-20-31(29(22-26)36(11,12)17-3)40-33(39)25(6)24(5)28-21-27(35(9,10)16-2)23-30(32(28)38)37(13,14)18-4/h19-24,38H,6,15-18H2,1-5,7-14H3. The summed E-state index contributed by atoms with van der Waals surface area (Å²) >= 11 is 0. The van der Waals surface area contributed by atoms with Crippen LogP contribution in [0.15, 0.2) is 42.5 Å². The van der Waals surface area contributed by atoms with Gasteiger partial charge in [-0.15, -0.1) is 0 Å². The lowest BCUT2D eigenvalue weighted by Gasteiger charge is -2.32. The topological polar surface area (TPSA) is 46.5 Å². The number of rotatable bonds is 12. The maximum Gasteiger partial charge on any atom is 0.339 e. The second kappa shape index (κ2) is 12.1. The molecule has 1 unspecified atom stereocenters. The maximum atomic E-state index is 13.6. The van der Waals surface area contributed by atoms with Crippen molar-refractivity contribution in [1.82, 2.24) is 0 Å². The van der Waals surface area contributed by atoms with E-state index in [1.807, 2.05) is 13.0 Å². The normalized spacial score (nSPS) is 13.7. The first-order valence-electron chi connectivity index (χ1n) is 15.2. The average molecular weight is 549 g/mol. The molecule has 0 aliphatic carbocycles. The van der Waals surface area contributed by atoms with Crippen LogP contribution in [0, 0.1) is 0 Å². The van der Waals surface area contributed by atoms with E-state index < -0.39 is 11.9 Å². The predicted molar refractivity (Wildman–Crippen MR) is 171 cm³/mol. The van der Waals surface area contributed by atoms with E-state index in [-0.39, 0.29) is 27.4 Å². The molecule has 3 heteroatoms. The number of hydrogen-bond donors (Lipinski definition) is 1. The first kappa shape index (κ1) is 33.7. The van der Waals surface area contributed by atoms with Crippen molar-refractivity contribution in [3.63, 3.8) is 0 Å². The lowest BCUT2D eigenvalue weighted by atomic mass is 9.73. The number of aromatic hydroxyl groups is 1. The highest BCUT2D eigenvalue weighted by Gasteiger charge is 2.32. The Labute approximate surface area is 245 Å². The fourth-order valence-electron chi connectivity index (χ4n) is 4.78. The van der Waals surface area contributed by atoms with Crippen molar-refractivity contribution < 1.29 is 14.6 Å². The maximum absolute atomic E-state index is 13.6. The van der Waals surface area contributed by atoms with Gasteiger partial charge in [0.05, 0.1) is 0 Å². The van der Waals surface area contributed by atoms with Crippen molar-refractivity contribution in [2.45, 2.75) is 143 Å². The molecule has 222 valence electrons. The molecule has 1 atom stereocenters. The number of benzene rings is 2. The van der Waals surface area contributed by atoms with Gasteiger partial charge >= 0.3 is 5.97 Å². The van der Waals surface area contributed by atoms with Gasteiger partial charge in [0, 0.05) is 28.2 Å². The highest BCUT2D eigenvalue weighted by Crippen LogP contribution is 2.44. The molecule has 1 N–H and O–H groups in total. The molecule has 0 amide bonds. The van der Waals surface area contributed by atoms with E-state index in [0.717, 1.165) is 47.9 Å². The smallest absolute Gasteiger partial charge is 0.339 e. The molecule has 2 rings (SSSR count). The largest absolute Gasteiger partial charge is 0.507 e. The Morgan fingerprint density at radius 3 is 1.70 bits per heavy atom. The molecule has 2 aromatic carbocycles. The Balaban J connectivity index is 2.57. The molecule has 0 aliphatic rings. The number of carbonyl (C=O) groups is 1. The van der Waals surface area contributed by atoms with Crippen LogP contribution in [0.3, 0.4) is 0 Å². The van der Waals surface area contributed by atoms with Crippen LogP contribution in [0.1, 0.15) is 149 Å². The summed E-state index contributed by atoms with van der Waals surface area (Å²) in [6.07, 6.45) is 3.77. The molecular formula is C37H56O3. The van der Waals surface area contributed by atoms with Crippen molar-refractivity contribution >= 4 is 5.97 Å². The Hall–Kier alpha value is -2.55. The van der Waals surface area contributed by atoms with E-state index in [9.17, 15) is 9.90 Å². The second-order valence-electron chi connectivity index (χ2n) is 14.3. The van der Waals surface area contributed by atoms with Gasteiger partial charge in [-0.3, -0.25) is 0 Å². The molecule has 40 heavy (non-hydrogen) atoms. The summed E-state index contributed by atoms with van der Waals surface area (Å²) in [6.45, 7) is 32.4. The summed E-state index contributed by atoms with van der Waals surface area (Å²) in [6, 6.07) is 10.4. The van der Waals surface area contributed by atoms with Crippen LogP contribution < -0.4 is 4.74 Å². The zero-order valence-electron chi connectivity index (χ0n) is 27.8. The fourth-order valence-corrected chi connectivity index (χ4v) is 4.78. The minimum Gasteiger partial charge on any atom is -0.507 e. The third-order valence-corrected chi connectivity index (χ3v) is 10.1. The van der Waals surface area contributed by atoms with E-state index in [4.69, 9.17) is 4.74 Å². The van der Waals surface area contributed by atoms with Crippen LogP contribution in [-0.4, -0.2) is 11.1 Å². The molecule has 0 aliphatic heterocycles. The van der Waals surface area contributed by atoms with Crippen LogP contribution in [0.5, 0.6) is 11.5 Å². The molecule has 0 saturated carbocycles. The molecule has 0 spiro atoms. The highest BCUT2D eigenvalue weighted by molar-refractivity contribution is 5.91. The van der Waals surface area contributed by atoms with Gasteiger partial charge in [-0.2, -0.15) is 0 Å². The lowest BCUT2D eigenvalue weighted by Crippen LogP contribution is -2.24. The summed E-state index contributed by atoms with van der Waals surface area (Å²) in [4.78, 5) is 13.6. The molecule has 0 fully saturated rings. The third-order valence-electron chi connectivity index (χ3n) is 10.1. The van der Waals surface area contributed by atoms with E-state index in [2.05, 4.69) is 114 Å². The van der Waals surface area contributed by atoms with E-state index in [0.29, 0.717) is 11.3 Å². The van der Waals surface area contributed by atoms with Crippen molar-refractivity contribution in [1.29, 1.82) is 0 Å². The number of phenolic OH excluding ortho intramolecular Hbond substituents is 1. The monoisotopic (exact) mass is 548 g/mol. The molecule has 0 radical (unpaired) electrons. The van der Waals surface area contributed by atoms with Crippen molar-refractivity contribution in [2.75, 3.05) is 0 Å². The minimum atomic E-state index is -0.459. The van der Waals surface area contributed by atoms with Crippen LogP contribution in [-0.2, 0) is 26.5 Å². The molecule has 3 nitrogen and oxygen atoms in total. The van der Waals surface area contributed by atoms with Crippen molar-refractivity contribution in [3.05, 3.63) is 70.3 Å². The third kappa shape index (κ3) is 6.84. The predicted octanol–water partition coefficient (Wildman–Crippen LogP) is 10.4. The minimum absolute atomic E-state index is 0.0258. The van der Waals surface area contributed by atoms with E-state index in [1.165, 1.54) is 5.56 Å². The Morgan fingerprint density at radius 1 is 0.750 bits per heavy atom. The first-order chi connectivity index (χ1) is 18.3. The van der Waals surface area contributed by atoms with Gasteiger partial charge in [-0.1, -0.05) is 121 Å². The van der Waals surface area contributed by atoms with Gasteiger partial charge in [0.15, 0.2) is 0 Å². The molecule has 0 heterocycles. The number of carbonyl (C=O) groups excluding carboxylic acids is 1. The molecule has 0 bridgehead atoms. The Kier molecular flexibility index (Phi) is 10.2. The van der Waals surface area contributed by atoms with Crippen LogP contribution >= 0.6 is 0 Å². The van der Waals surface area contributed by atoms with Gasteiger partial charge in [-0.25, -0.2) is 4.79 Å². The second-order valence-corrected chi connectivity index (χ2v) is 14.3. The average Bonchev–Trinajstić information content (AvgIpc) is 2.91. The molecule has 0 saturated heterocycles. The molecule has 0 aromatic heterocycles. The first-order valence-corrected chi connectivity index (χ1v) is 15.2. The summed E-state index contributed by atoms with van der Waals surface area (Å²) in [7, 11) is 0. The number of hydrogen-bond acceptors (Lipinski definition) is 3. The van der Waals surface area contributed by atoms with Gasteiger partial charge < -0.3 is 9.84 Å². The summed E-state index contributed by atoms with van der Waals surface area (Å²) in [5.41, 5.74) is 4.98. The quantitative estimate of drug-likeness (QED) is 0.163. The van der Waals surface area contributed by atoms with E-state index >= 15 is 0 Å². The van der Waals surface area contributed by atoms with Gasteiger partial charge in [0.2, 0.25) is 0 Å².